The van der Waals surface area contributed by atoms with E-state index in [-0.39, 0.29) is 0 Å². The maximum absolute atomic E-state index is 12.5. The third-order valence-electron chi connectivity index (χ3n) is 3.37. The van der Waals surface area contributed by atoms with E-state index in [9.17, 15) is 18.0 Å². The average Bonchev–Trinajstić information content (AvgIpc) is 2.45. The van der Waals surface area contributed by atoms with Gasteiger partial charge in [0.05, 0.1) is 0 Å². The third kappa shape index (κ3) is 4.75. The Morgan fingerprint density at radius 3 is 2.17 bits per heavy atom. The van der Waals surface area contributed by atoms with Crippen LogP contribution in [0.4, 0.5) is 13.2 Å². The van der Waals surface area contributed by atoms with Crippen molar-refractivity contribution in [2.75, 3.05) is 0 Å². The molecule has 6 heteroatoms. The zero-order valence-electron chi connectivity index (χ0n) is 13.2. The molecule has 0 aromatic heterocycles. The lowest BCUT2D eigenvalue weighted by Gasteiger charge is -2.13. The van der Waals surface area contributed by atoms with Crippen LogP contribution >= 0.6 is 0 Å². The minimum Gasteiger partial charge on any atom is -0.478 e. The Hall–Kier alpha value is -2.50. The highest BCUT2D eigenvalue weighted by atomic mass is 19.4. The van der Waals surface area contributed by atoms with Crippen molar-refractivity contribution in [1.29, 1.82) is 0 Å². The van der Waals surface area contributed by atoms with Crippen molar-refractivity contribution < 1.29 is 27.8 Å². The zero-order chi connectivity index (χ0) is 17.9. The first-order valence-electron chi connectivity index (χ1n) is 7.38. The van der Waals surface area contributed by atoms with Gasteiger partial charge in [0, 0.05) is 0 Å². The van der Waals surface area contributed by atoms with Crippen LogP contribution < -0.4 is 4.74 Å². The number of carboxylic acids is 1. The minimum absolute atomic E-state index is 0.454. The molecule has 24 heavy (non-hydrogen) atoms. The fourth-order valence-corrected chi connectivity index (χ4v) is 2.39. The molecule has 0 bridgehead atoms. The number of hydrogen-bond donors (Lipinski definition) is 1. The van der Waals surface area contributed by atoms with Crippen LogP contribution in [0.25, 0.3) is 11.1 Å². The predicted molar refractivity (Wildman–Crippen MR) is 84.1 cm³/mol. The number of carbonyl (C=O) groups is 1. The van der Waals surface area contributed by atoms with Crippen LogP contribution in [0.1, 0.15) is 29.8 Å². The molecule has 0 heterocycles. The number of halogens is 3. The maximum atomic E-state index is 12.5. The van der Waals surface area contributed by atoms with Gasteiger partial charge < -0.3 is 9.84 Å². The van der Waals surface area contributed by atoms with E-state index in [1.165, 1.54) is 6.07 Å². The van der Waals surface area contributed by atoms with Crippen molar-refractivity contribution in [2.45, 2.75) is 26.6 Å². The van der Waals surface area contributed by atoms with E-state index in [2.05, 4.69) is 18.6 Å². The molecular formula is C18H17F3O3. The molecular weight excluding hydrogens is 321 g/mol. The Morgan fingerprint density at radius 1 is 1.08 bits per heavy atom. The van der Waals surface area contributed by atoms with Crippen LogP contribution in [0, 0.1) is 5.92 Å². The van der Waals surface area contributed by atoms with Gasteiger partial charge in [0.15, 0.2) is 0 Å². The van der Waals surface area contributed by atoms with Gasteiger partial charge in [0.25, 0.3) is 0 Å². The van der Waals surface area contributed by atoms with Crippen LogP contribution in [-0.4, -0.2) is 17.4 Å². The summed E-state index contributed by atoms with van der Waals surface area (Å²) in [6, 6.07) is 11.1. The standard InChI is InChI=1S/C18H17F3O3/c1-11(2)9-12-3-5-13(6-4-12)14-7-8-15(17(22)23)16(10-14)24-18(19,20)21/h3-8,10-11H,9H2,1-2H3,(H,22,23). The molecule has 2 aromatic rings. The topological polar surface area (TPSA) is 46.5 Å². The third-order valence-corrected chi connectivity index (χ3v) is 3.37. The molecule has 0 amide bonds. The van der Waals surface area contributed by atoms with Crippen LogP contribution in [0.2, 0.25) is 0 Å². The van der Waals surface area contributed by atoms with Crippen molar-refractivity contribution in [3.8, 4) is 16.9 Å². The molecule has 0 radical (unpaired) electrons. The SMILES string of the molecule is CC(C)Cc1ccc(-c2ccc(C(=O)O)c(OC(F)(F)F)c2)cc1. The van der Waals surface area contributed by atoms with E-state index in [1.807, 2.05) is 12.1 Å². The van der Waals surface area contributed by atoms with Gasteiger partial charge in [-0.15, -0.1) is 13.2 Å². The predicted octanol–water partition coefficient (Wildman–Crippen LogP) is 5.15. The first kappa shape index (κ1) is 17.8. The van der Waals surface area contributed by atoms with E-state index in [0.717, 1.165) is 24.1 Å². The van der Waals surface area contributed by atoms with E-state index >= 15 is 0 Å². The Kier molecular flexibility index (Phi) is 5.17. The van der Waals surface area contributed by atoms with Gasteiger partial charge in [-0.3, -0.25) is 0 Å². The number of hydrogen-bond acceptors (Lipinski definition) is 2. The molecule has 128 valence electrons. The van der Waals surface area contributed by atoms with E-state index in [4.69, 9.17) is 5.11 Å². The van der Waals surface area contributed by atoms with Crippen molar-refractivity contribution >= 4 is 5.97 Å². The molecule has 0 atom stereocenters. The first-order valence-corrected chi connectivity index (χ1v) is 7.38. The fraction of sp³-hybridized carbons (Fsp3) is 0.278. The van der Waals surface area contributed by atoms with E-state index in [0.29, 0.717) is 17.0 Å². The molecule has 0 aliphatic rings. The lowest BCUT2D eigenvalue weighted by molar-refractivity contribution is -0.274. The number of aromatic carboxylic acids is 1. The Balaban J connectivity index is 2.37. The van der Waals surface area contributed by atoms with Gasteiger partial charge in [-0.1, -0.05) is 44.2 Å². The lowest BCUT2D eigenvalue weighted by atomic mass is 9.98. The summed E-state index contributed by atoms with van der Waals surface area (Å²) >= 11 is 0. The average molecular weight is 338 g/mol. The molecule has 2 rings (SSSR count). The van der Waals surface area contributed by atoms with Crippen LogP contribution in [-0.2, 0) is 6.42 Å². The summed E-state index contributed by atoms with van der Waals surface area (Å²) in [5.41, 5.74) is 1.73. The number of benzene rings is 2. The second kappa shape index (κ2) is 6.95. The Labute approximate surface area is 137 Å². The second-order valence-electron chi connectivity index (χ2n) is 5.86. The molecule has 0 spiro atoms. The molecule has 0 aliphatic carbocycles. The molecule has 3 nitrogen and oxygen atoms in total. The molecule has 0 unspecified atom stereocenters. The molecule has 0 saturated carbocycles. The molecule has 0 fully saturated rings. The highest BCUT2D eigenvalue weighted by Crippen LogP contribution is 2.31. The van der Waals surface area contributed by atoms with E-state index < -0.39 is 23.6 Å². The lowest BCUT2D eigenvalue weighted by Crippen LogP contribution is -2.19. The quantitative estimate of drug-likeness (QED) is 0.820. The Bertz CT molecular complexity index is 719. The second-order valence-corrected chi connectivity index (χ2v) is 5.86. The van der Waals surface area contributed by atoms with Gasteiger partial charge in [-0.25, -0.2) is 4.79 Å². The highest BCUT2D eigenvalue weighted by Gasteiger charge is 2.33. The summed E-state index contributed by atoms with van der Waals surface area (Å²) in [7, 11) is 0. The van der Waals surface area contributed by atoms with Gasteiger partial charge in [-0.2, -0.15) is 0 Å². The van der Waals surface area contributed by atoms with Crippen molar-refractivity contribution in [3.63, 3.8) is 0 Å². The first-order chi connectivity index (χ1) is 11.2. The number of ether oxygens (including phenoxy) is 1. The van der Waals surface area contributed by atoms with E-state index in [1.54, 1.807) is 12.1 Å². The largest absolute Gasteiger partial charge is 0.573 e. The van der Waals surface area contributed by atoms with Gasteiger partial charge in [-0.05, 0) is 41.2 Å². The Morgan fingerprint density at radius 2 is 1.67 bits per heavy atom. The number of carboxylic acid groups (broad SMARTS) is 1. The van der Waals surface area contributed by atoms with Crippen molar-refractivity contribution in [2.24, 2.45) is 5.92 Å². The summed E-state index contributed by atoms with van der Waals surface area (Å²) in [6.07, 6.45) is -4.05. The highest BCUT2D eigenvalue weighted by molar-refractivity contribution is 5.92. The molecule has 0 aliphatic heterocycles. The summed E-state index contributed by atoms with van der Waals surface area (Å²) < 4.78 is 41.3. The van der Waals surface area contributed by atoms with Crippen LogP contribution in [0.5, 0.6) is 5.75 Å². The van der Waals surface area contributed by atoms with Gasteiger partial charge in [0.2, 0.25) is 0 Å². The van der Waals surface area contributed by atoms with Crippen LogP contribution in [0.15, 0.2) is 42.5 Å². The van der Waals surface area contributed by atoms with Gasteiger partial charge in [0.1, 0.15) is 11.3 Å². The summed E-state index contributed by atoms with van der Waals surface area (Å²) in [4.78, 5) is 11.1. The smallest absolute Gasteiger partial charge is 0.478 e. The number of rotatable bonds is 5. The minimum atomic E-state index is -4.95. The molecule has 2 aromatic carbocycles. The maximum Gasteiger partial charge on any atom is 0.573 e. The summed E-state index contributed by atoms with van der Waals surface area (Å²) in [5, 5.41) is 9.00. The number of alkyl halides is 3. The summed E-state index contributed by atoms with van der Waals surface area (Å²) in [6.45, 7) is 4.19. The normalized spacial score (nSPS) is 11.6. The fourth-order valence-electron chi connectivity index (χ4n) is 2.39. The monoisotopic (exact) mass is 338 g/mol. The van der Waals surface area contributed by atoms with Gasteiger partial charge >= 0.3 is 12.3 Å². The molecule has 0 saturated heterocycles. The summed E-state index contributed by atoms with van der Waals surface area (Å²) in [5.74, 6) is -1.70. The molecule has 1 N–H and O–H groups in total. The van der Waals surface area contributed by atoms with Crippen LogP contribution in [0.3, 0.4) is 0 Å². The van der Waals surface area contributed by atoms with Crippen molar-refractivity contribution in [1.82, 2.24) is 0 Å². The zero-order valence-corrected chi connectivity index (χ0v) is 13.2. The van der Waals surface area contributed by atoms with Crippen molar-refractivity contribution in [3.05, 3.63) is 53.6 Å².